The van der Waals surface area contributed by atoms with Crippen molar-refractivity contribution in [2.75, 3.05) is 47.5 Å². The van der Waals surface area contributed by atoms with Crippen LogP contribution < -0.4 is 0 Å². The molecular weight excluding hydrogens is 935 g/mol. The Morgan fingerprint density at radius 1 is 0.413 bits per heavy atom. The fourth-order valence-corrected chi connectivity index (χ4v) is 8.94. The molecule has 0 spiro atoms. The molecule has 0 amide bonds. The molecule has 436 valence electrons. The van der Waals surface area contributed by atoms with Crippen LogP contribution in [0.1, 0.15) is 284 Å². The van der Waals surface area contributed by atoms with Gasteiger partial charge in [0.1, 0.15) is 13.2 Å². The Kier molecular flexibility index (Phi) is 54.9. The van der Waals surface area contributed by atoms with E-state index in [4.69, 9.17) is 18.9 Å². The largest absolute Gasteiger partial charge is 0.477 e. The lowest BCUT2D eigenvalue weighted by atomic mass is 10.0. The van der Waals surface area contributed by atoms with Crippen LogP contribution in [0, 0.1) is 0 Å². The smallest absolute Gasteiger partial charge is 0.361 e. The topological polar surface area (TPSA) is 108 Å². The van der Waals surface area contributed by atoms with Crippen LogP contribution in [0.25, 0.3) is 0 Å². The number of carboxylic acids is 1. The minimum Gasteiger partial charge on any atom is -0.477 e. The number of nitrogens with zero attached hydrogens (tertiary/aromatic N) is 1. The highest BCUT2D eigenvalue weighted by molar-refractivity contribution is 5.71. The summed E-state index contributed by atoms with van der Waals surface area (Å²) in [7, 11) is 5.97. The summed E-state index contributed by atoms with van der Waals surface area (Å²) in [6.07, 6.45) is 70.4. The Hall–Kier alpha value is -3.01. The van der Waals surface area contributed by atoms with Gasteiger partial charge in [0.15, 0.2) is 6.10 Å². The Bertz CT molecular complexity index is 1410. The van der Waals surface area contributed by atoms with Crippen LogP contribution in [-0.2, 0) is 33.3 Å². The van der Waals surface area contributed by atoms with Crippen LogP contribution in [0.2, 0.25) is 0 Å². The number of rotatable bonds is 58. The Labute approximate surface area is 463 Å². The van der Waals surface area contributed by atoms with Crippen LogP contribution in [0.4, 0.5) is 0 Å². The van der Waals surface area contributed by atoms with E-state index < -0.39 is 24.3 Å². The van der Waals surface area contributed by atoms with Crippen molar-refractivity contribution in [3.8, 4) is 0 Å². The van der Waals surface area contributed by atoms with Crippen molar-refractivity contribution in [2.45, 2.75) is 296 Å². The first-order chi connectivity index (χ1) is 36.6. The zero-order valence-corrected chi connectivity index (χ0v) is 49.7. The number of quaternary nitrogens is 1. The maximum Gasteiger partial charge on any atom is 0.361 e. The van der Waals surface area contributed by atoms with E-state index in [0.717, 1.165) is 77.0 Å². The van der Waals surface area contributed by atoms with Gasteiger partial charge in [0.2, 0.25) is 0 Å². The fraction of sp³-hybridized carbons (Fsp3) is 0.803. The molecule has 0 aliphatic heterocycles. The standard InChI is InChI=1S/C66H119NO8/c1-6-8-10-12-14-16-18-20-22-23-24-25-26-27-28-29-30-31-32-33-34-35-36-37-38-39-40-41-43-45-47-49-51-53-55-57-64(69)75-62(61-74-66(65(70)71)72-59-58-67(3,4)5)60-73-63(68)56-54-52-50-48-46-44-42-21-19-17-15-13-11-9-7-2/h8,10,14,16,20-22,24-25,42,62,66H,6-7,9,11-13,15,17-19,23,26-41,43-61H2,1-5H3/p+1/b10-8-,16-14-,22-20-,25-24-,42-21-. The van der Waals surface area contributed by atoms with Crippen molar-refractivity contribution in [2.24, 2.45) is 0 Å². The number of hydrogen-bond acceptors (Lipinski definition) is 7. The second-order valence-electron chi connectivity index (χ2n) is 22.3. The van der Waals surface area contributed by atoms with Crippen molar-refractivity contribution in [1.29, 1.82) is 0 Å². The Morgan fingerprint density at radius 2 is 0.760 bits per heavy atom. The van der Waals surface area contributed by atoms with Crippen molar-refractivity contribution in [3.05, 3.63) is 60.8 Å². The van der Waals surface area contributed by atoms with E-state index in [1.54, 1.807) is 0 Å². The van der Waals surface area contributed by atoms with E-state index in [1.807, 2.05) is 21.1 Å². The van der Waals surface area contributed by atoms with E-state index in [0.29, 0.717) is 17.4 Å². The minimum atomic E-state index is -1.51. The molecule has 1 N–H and O–H groups in total. The highest BCUT2D eigenvalue weighted by Gasteiger charge is 2.25. The summed E-state index contributed by atoms with van der Waals surface area (Å²) in [6, 6.07) is 0. The maximum atomic E-state index is 12.9. The van der Waals surface area contributed by atoms with Crippen LogP contribution in [0.15, 0.2) is 60.8 Å². The van der Waals surface area contributed by atoms with E-state index in [-0.39, 0.29) is 32.2 Å². The van der Waals surface area contributed by atoms with E-state index in [9.17, 15) is 19.5 Å². The first-order valence-electron chi connectivity index (χ1n) is 31.5. The molecule has 0 aliphatic rings. The molecule has 0 saturated heterocycles. The van der Waals surface area contributed by atoms with Crippen LogP contribution >= 0.6 is 0 Å². The third-order valence-electron chi connectivity index (χ3n) is 13.8. The number of likely N-dealkylation sites (N-methyl/N-ethyl adjacent to an activating group) is 1. The lowest BCUT2D eigenvalue weighted by molar-refractivity contribution is -0.870. The summed E-state index contributed by atoms with van der Waals surface area (Å²) in [5.74, 6) is -2.00. The Balaban J connectivity index is 4.04. The highest BCUT2D eigenvalue weighted by Crippen LogP contribution is 2.17. The van der Waals surface area contributed by atoms with E-state index >= 15 is 0 Å². The molecule has 9 nitrogen and oxygen atoms in total. The molecule has 0 bridgehead atoms. The summed E-state index contributed by atoms with van der Waals surface area (Å²) in [5, 5.41) is 9.70. The molecule has 9 heteroatoms. The van der Waals surface area contributed by atoms with Gasteiger partial charge in [-0.3, -0.25) is 9.59 Å². The average Bonchev–Trinajstić information content (AvgIpc) is 3.38. The molecule has 0 aromatic rings. The summed E-state index contributed by atoms with van der Waals surface area (Å²) in [5.41, 5.74) is 0. The predicted molar refractivity (Wildman–Crippen MR) is 318 cm³/mol. The van der Waals surface area contributed by atoms with Gasteiger partial charge in [-0.2, -0.15) is 0 Å². The summed E-state index contributed by atoms with van der Waals surface area (Å²) in [4.78, 5) is 37.4. The summed E-state index contributed by atoms with van der Waals surface area (Å²) < 4.78 is 22.9. The van der Waals surface area contributed by atoms with Gasteiger partial charge in [0, 0.05) is 12.8 Å². The van der Waals surface area contributed by atoms with Gasteiger partial charge in [-0.15, -0.1) is 0 Å². The fourth-order valence-electron chi connectivity index (χ4n) is 8.94. The first-order valence-corrected chi connectivity index (χ1v) is 31.5. The highest BCUT2D eigenvalue weighted by atomic mass is 16.7. The number of carboxylic acid groups (broad SMARTS) is 1. The quantitative estimate of drug-likeness (QED) is 0.0211. The molecule has 2 atom stereocenters. The molecule has 0 rings (SSSR count). The number of hydrogen-bond donors (Lipinski definition) is 1. The predicted octanol–water partition coefficient (Wildman–Crippen LogP) is 18.8. The number of unbranched alkanes of at least 4 members (excludes halogenated alkanes) is 33. The molecule has 2 unspecified atom stereocenters. The first kappa shape index (κ1) is 72.0. The monoisotopic (exact) mass is 1050 g/mol. The molecule has 0 fully saturated rings. The van der Waals surface area contributed by atoms with Gasteiger partial charge < -0.3 is 28.5 Å². The second kappa shape index (κ2) is 57.2. The van der Waals surface area contributed by atoms with Gasteiger partial charge in [-0.25, -0.2) is 4.79 Å². The Morgan fingerprint density at radius 3 is 1.15 bits per heavy atom. The molecule has 0 radical (unpaired) electrons. The SMILES string of the molecule is CC/C=C\C/C=C\C/C=C\C/C=C\CCCCCCCCCCCCCCCCCCCCCCCCC(=O)OC(COC(=O)CCCCCCC/C=C\CCCCCCCC)COC(OCC[N+](C)(C)C)C(=O)O. The van der Waals surface area contributed by atoms with Crippen molar-refractivity contribution >= 4 is 17.9 Å². The zero-order chi connectivity index (χ0) is 54.8. The van der Waals surface area contributed by atoms with Gasteiger partial charge >= 0.3 is 17.9 Å². The molecule has 0 aliphatic carbocycles. The number of ether oxygens (including phenoxy) is 4. The van der Waals surface area contributed by atoms with Gasteiger partial charge in [-0.05, 0) is 77.0 Å². The molecule has 0 saturated carbocycles. The molecule has 0 heterocycles. The number of carbonyl (C=O) groups is 3. The zero-order valence-electron chi connectivity index (χ0n) is 49.7. The normalized spacial score (nSPS) is 13.1. The molecule has 0 aromatic heterocycles. The van der Waals surface area contributed by atoms with E-state index in [1.165, 1.54) is 180 Å². The van der Waals surface area contributed by atoms with Crippen LogP contribution in [0.3, 0.4) is 0 Å². The van der Waals surface area contributed by atoms with Crippen molar-refractivity contribution in [3.63, 3.8) is 0 Å². The summed E-state index contributed by atoms with van der Waals surface area (Å²) >= 11 is 0. The van der Waals surface area contributed by atoms with Gasteiger partial charge in [0.05, 0.1) is 34.4 Å². The molecule has 75 heavy (non-hydrogen) atoms. The number of allylic oxidation sites excluding steroid dienone is 10. The minimum absolute atomic E-state index is 0.184. The van der Waals surface area contributed by atoms with Gasteiger partial charge in [0.25, 0.3) is 6.29 Å². The molecule has 0 aromatic carbocycles. The third-order valence-corrected chi connectivity index (χ3v) is 13.8. The number of esters is 2. The van der Waals surface area contributed by atoms with Gasteiger partial charge in [-0.1, -0.05) is 254 Å². The lowest BCUT2D eigenvalue weighted by Gasteiger charge is -2.25. The van der Waals surface area contributed by atoms with Crippen molar-refractivity contribution < 1.29 is 42.9 Å². The number of aliphatic carboxylic acids is 1. The summed E-state index contributed by atoms with van der Waals surface area (Å²) in [6.45, 7) is 4.78. The van der Waals surface area contributed by atoms with Crippen LogP contribution in [-0.4, -0.2) is 87.4 Å². The third kappa shape index (κ3) is 58.5. The van der Waals surface area contributed by atoms with Crippen molar-refractivity contribution in [1.82, 2.24) is 0 Å². The second-order valence-corrected chi connectivity index (χ2v) is 22.3. The molecular formula is C66H120NO8+. The lowest BCUT2D eigenvalue weighted by Crippen LogP contribution is -2.40. The average molecular weight is 1060 g/mol. The van der Waals surface area contributed by atoms with E-state index in [2.05, 4.69) is 74.6 Å². The van der Waals surface area contributed by atoms with Crippen LogP contribution in [0.5, 0.6) is 0 Å². The number of carbonyl (C=O) groups excluding carboxylic acids is 2. The maximum absolute atomic E-state index is 12.9.